The molecule has 0 aliphatic carbocycles. The Hall–Kier alpha value is -1.66. The van der Waals surface area contributed by atoms with Gasteiger partial charge in [-0.15, -0.1) is 0 Å². The minimum Gasteiger partial charge on any atom is -0.466 e. The number of carbonyl (C=O) groups is 2. The van der Waals surface area contributed by atoms with Gasteiger partial charge in [-0.05, 0) is 57.8 Å². The van der Waals surface area contributed by atoms with Crippen LogP contribution in [0.3, 0.4) is 0 Å². The van der Waals surface area contributed by atoms with Crippen LogP contribution in [0.4, 0.5) is 0 Å². The van der Waals surface area contributed by atoms with Gasteiger partial charge in [0.05, 0.1) is 25.4 Å². The third-order valence-corrected chi connectivity index (χ3v) is 16.0. The fourth-order valence-electron chi connectivity index (χ4n) is 10.8. The zero-order valence-electron chi connectivity index (χ0n) is 50.8. The maximum absolute atomic E-state index is 12.5. The van der Waals surface area contributed by atoms with E-state index in [4.69, 9.17) is 4.74 Å². The van der Waals surface area contributed by atoms with Crippen molar-refractivity contribution in [3.63, 3.8) is 0 Å². The Kier molecular flexibility index (Phi) is 63.4. The first-order valence-corrected chi connectivity index (χ1v) is 34.1. The summed E-state index contributed by atoms with van der Waals surface area (Å²) in [6.07, 6.45) is 80.7. The molecule has 1 amide bonds. The first kappa shape index (κ1) is 73.3. The molecule has 0 saturated carbocycles. The second kappa shape index (κ2) is 64.9. The number of esters is 1. The second-order valence-electron chi connectivity index (χ2n) is 23.5. The zero-order chi connectivity index (χ0) is 54.3. The summed E-state index contributed by atoms with van der Waals surface area (Å²) in [5.41, 5.74) is 0. The number of ether oxygens (including phenoxy) is 1. The van der Waals surface area contributed by atoms with Crippen molar-refractivity contribution < 1.29 is 24.5 Å². The lowest BCUT2D eigenvalue weighted by Gasteiger charge is -2.22. The number of allylic oxidation sites excluding steroid dienone is 4. The number of aliphatic hydroxyl groups is 2. The molecule has 0 aromatic carbocycles. The molecule has 0 spiro atoms. The van der Waals surface area contributed by atoms with Crippen LogP contribution in [-0.4, -0.2) is 47.4 Å². The average molecular weight is 1060 g/mol. The number of rotatable bonds is 64. The fraction of sp³-hybridized carbons (Fsp3) is 0.913. The quantitative estimate of drug-likeness (QED) is 0.0320. The number of unbranched alkanes of at least 4 members (excludes halogenated alkanes) is 49. The van der Waals surface area contributed by atoms with Gasteiger partial charge < -0.3 is 20.3 Å². The van der Waals surface area contributed by atoms with Crippen LogP contribution in [0.2, 0.25) is 0 Å². The maximum atomic E-state index is 12.5. The Bertz CT molecular complexity index is 1170. The lowest BCUT2D eigenvalue weighted by atomic mass is 10.0. The van der Waals surface area contributed by atoms with E-state index in [1.54, 1.807) is 0 Å². The number of hydrogen-bond donors (Lipinski definition) is 3. The van der Waals surface area contributed by atoms with Gasteiger partial charge in [-0.1, -0.05) is 334 Å². The maximum Gasteiger partial charge on any atom is 0.305 e. The van der Waals surface area contributed by atoms with Gasteiger partial charge in [-0.3, -0.25) is 9.59 Å². The van der Waals surface area contributed by atoms with E-state index in [2.05, 4.69) is 43.5 Å². The minimum atomic E-state index is -0.662. The molecule has 0 saturated heterocycles. The average Bonchev–Trinajstić information content (AvgIpc) is 3.41. The first-order chi connectivity index (χ1) is 37.0. The van der Waals surface area contributed by atoms with Gasteiger partial charge in [0.15, 0.2) is 0 Å². The van der Waals surface area contributed by atoms with Crippen molar-refractivity contribution in [2.75, 3.05) is 13.2 Å². The molecule has 2 unspecified atom stereocenters. The summed E-state index contributed by atoms with van der Waals surface area (Å²) < 4.78 is 5.49. The summed E-state index contributed by atoms with van der Waals surface area (Å²) >= 11 is 0. The SMILES string of the molecule is CCCCCC/C=C\C/C=C\CCCCCCCC(=O)OCCCCCCCCCCCCCCCCCCCCCCCCCCCCCC(=O)NC(CO)C(O)CCCCCCCCCCCCCCCCC. The van der Waals surface area contributed by atoms with Gasteiger partial charge in [-0.2, -0.15) is 0 Å². The molecule has 6 heteroatoms. The van der Waals surface area contributed by atoms with Crippen LogP contribution >= 0.6 is 0 Å². The highest BCUT2D eigenvalue weighted by atomic mass is 16.5. The molecule has 2 atom stereocenters. The topological polar surface area (TPSA) is 95.9 Å². The highest BCUT2D eigenvalue weighted by Crippen LogP contribution is 2.19. The summed E-state index contributed by atoms with van der Waals surface area (Å²) in [6, 6.07) is -0.539. The molecule has 0 heterocycles. The summed E-state index contributed by atoms with van der Waals surface area (Å²) in [7, 11) is 0. The zero-order valence-corrected chi connectivity index (χ0v) is 50.8. The Labute approximate surface area is 469 Å². The Morgan fingerprint density at radius 1 is 0.373 bits per heavy atom. The molecule has 444 valence electrons. The van der Waals surface area contributed by atoms with E-state index < -0.39 is 12.1 Å². The molecular formula is C69H133NO5. The van der Waals surface area contributed by atoms with Crippen molar-refractivity contribution >= 4 is 11.9 Å². The van der Waals surface area contributed by atoms with E-state index in [-0.39, 0.29) is 18.5 Å². The minimum absolute atomic E-state index is 0.00517. The molecule has 0 rings (SSSR count). The Morgan fingerprint density at radius 3 is 1.03 bits per heavy atom. The predicted molar refractivity (Wildman–Crippen MR) is 329 cm³/mol. The summed E-state index contributed by atoms with van der Waals surface area (Å²) in [4.78, 5) is 24.6. The van der Waals surface area contributed by atoms with Crippen LogP contribution in [0.25, 0.3) is 0 Å². The van der Waals surface area contributed by atoms with Crippen molar-refractivity contribution in [1.82, 2.24) is 5.32 Å². The van der Waals surface area contributed by atoms with Gasteiger partial charge in [0.25, 0.3) is 0 Å². The number of nitrogens with one attached hydrogen (secondary N) is 1. The van der Waals surface area contributed by atoms with Gasteiger partial charge >= 0.3 is 5.97 Å². The normalized spacial score (nSPS) is 12.6. The highest BCUT2D eigenvalue weighted by Gasteiger charge is 2.20. The molecule has 0 radical (unpaired) electrons. The fourth-order valence-corrected chi connectivity index (χ4v) is 10.8. The van der Waals surface area contributed by atoms with Crippen molar-refractivity contribution in [2.45, 2.75) is 392 Å². The van der Waals surface area contributed by atoms with E-state index in [9.17, 15) is 19.8 Å². The van der Waals surface area contributed by atoms with Crippen LogP contribution in [-0.2, 0) is 14.3 Å². The molecule has 3 N–H and O–H groups in total. The molecule has 75 heavy (non-hydrogen) atoms. The van der Waals surface area contributed by atoms with Crippen molar-refractivity contribution in [1.29, 1.82) is 0 Å². The molecule has 0 aromatic rings. The summed E-state index contributed by atoms with van der Waals surface area (Å²) in [5, 5.41) is 23.3. The van der Waals surface area contributed by atoms with Crippen LogP contribution in [0.15, 0.2) is 24.3 Å². The second-order valence-corrected chi connectivity index (χ2v) is 23.5. The molecule has 6 nitrogen and oxygen atoms in total. The van der Waals surface area contributed by atoms with Crippen LogP contribution in [0.5, 0.6) is 0 Å². The standard InChI is InChI=1S/C69H133NO5/c1-3-5-7-9-11-13-15-17-19-35-39-43-47-51-55-59-63-69(74)75-64-60-56-52-48-44-40-36-32-30-28-26-24-22-20-21-23-25-27-29-31-34-38-42-46-50-54-58-62-68(73)70-66(65-71)67(72)61-57-53-49-45-41-37-33-18-16-14-12-10-8-6-4-2/h13,15,19,35,66-67,71-72H,3-12,14,16-18,20-34,36-65H2,1-2H3,(H,70,73)/b15-13-,35-19-. The van der Waals surface area contributed by atoms with E-state index in [1.807, 2.05) is 0 Å². The van der Waals surface area contributed by atoms with E-state index in [1.165, 1.54) is 295 Å². The predicted octanol–water partition coefficient (Wildman–Crippen LogP) is 21.8. The van der Waals surface area contributed by atoms with Crippen molar-refractivity contribution in [3.8, 4) is 0 Å². The molecular weight excluding hydrogens is 923 g/mol. The van der Waals surface area contributed by atoms with E-state index in [0.717, 1.165) is 51.4 Å². The van der Waals surface area contributed by atoms with Crippen LogP contribution in [0.1, 0.15) is 380 Å². The molecule has 0 aliphatic heterocycles. The molecule has 0 aliphatic rings. The number of aliphatic hydroxyl groups excluding tert-OH is 2. The van der Waals surface area contributed by atoms with Gasteiger partial charge in [0, 0.05) is 12.8 Å². The van der Waals surface area contributed by atoms with Crippen molar-refractivity contribution in [2.24, 2.45) is 0 Å². The third kappa shape index (κ3) is 61.4. The molecule has 0 bridgehead atoms. The monoisotopic (exact) mass is 1060 g/mol. The third-order valence-electron chi connectivity index (χ3n) is 16.0. The van der Waals surface area contributed by atoms with E-state index in [0.29, 0.717) is 25.9 Å². The molecule has 0 fully saturated rings. The van der Waals surface area contributed by atoms with Gasteiger partial charge in [0.2, 0.25) is 5.91 Å². The summed E-state index contributed by atoms with van der Waals surface area (Å²) in [5.74, 6) is -0.0245. The van der Waals surface area contributed by atoms with Gasteiger partial charge in [0.1, 0.15) is 0 Å². The Balaban J connectivity index is 3.34. The van der Waals surface area contributed by atoms with Crippen molar-refractivity contribution in [3.05, 3.63) is 24.3 Å². The van der Waals surface area contributed by atoms with Crippen LogP contribution < -0.4 is 5.32 Å². The van der Waals surface area contributed by atoms with Crippen LogP contribution in [0, 0.1) is 0 Å². The number of amides is 1. The van der Waals surface area contributed by atoms with E-state index >= 15 is 0 Å². The highest BCUT2D eigenvalue weighted by molar-refractivity contribution is 5.76. The number of hydrogen-bond acceptors (Lipinski definition) is 5. The summed E-state index contributed by atoms with van der Waals surface area (Å²) in [6.45, 7) is 4.96. The molecule has 0 aromatic heterocycles. The first-order valence-electron chi connectivity index (χ1n) is 34.1. The number of carbonyl (C=O) groups excluding carboxylic acids is 2. The smallest absolute Gasteiger partial charge is 0.305 e. The Morgan fingerprint density at radius 2 is 0.667 bits per heavy atom. The largest absolute Gasteiger partial charge is 0.466 e. The van der Waals surface area contributed by atoms with Gasteiger partial charge in [-0.25, -0.2) is 0 Å². The lowest BCUT2D eigenvalue weighted by molar-refractivity contribution is -0.143. The lowest BCUT2D eigenvalue weighted by Crippen LogP contribution is -2.45.